The first-order valence-electron chi connectivity index (χ1n) is 17.3. The number of β-amino-alcohol motifs (C(OH)–C–C–N with tert-alkyl or cyclic N) is 2. The topological polar surface area (TPSA) is 111 Å². The van der Waals surface area contributed by atoms with E-state index in [4.69, 9.17) is 38.2 Å². The van der Waals surface area contributed by atoms with Gasteiger partial charge in [-0.15, -0.1) is 0 Å². The van der Waals surface area contributed by atoms with Crippen LogP contribution >= 0.6 is 23.2 Å². The lowest BCUT2D eigenvalue weighted by Crippen LogP contribution is -2.29. The molecule has 11 heteroatoms. The highest BCUT2D eigenvalue weighted by atomic mass is 35.5. The molecule has 6 heterocycles. The van der Waals surface area contributed by atoms with E-state index >= 15 is 0 Å². The zero-order valence-electron chi connectivity index (χ0n) is 28.4. The normalized spacial score (nSPS) is 19.7. The first-order chi connectivity index (χ1) is 24.7. The van der Waals surface area contributed by atoms with E-state index in [9.17, 15) is 10.2 Å². The van der Waals surface area contributed by atoms with Crippen LogP contribution in [0.15, 0.2) is 85.5 Å². The van der Waals surface area contributed by atoms with Gasteiger partial charge in [-0.05, 0) is 66.8 Å². The summed E-state index contributed by atoms with van der Waals surface area (Å²) in [6.45, 7) is 6.49. The maximum absolute atomic E-state index is 10.4. The van der Waals surface area contributed by atoms with E-state index in [-0.39, 0.29) is 6.10 Å². The van der Waals surface area contributed by atoms with Gasteiger partial charge < -0.3 is 15.5 Å². The molecule has 0 unspecified atom stereocenters. The lowest BCUT2D eigenvalue weighted by atomic mass is 9.99. The Morgan fingerprint density at radius 3 is 2.24 bits per heavy atom. The summed E-state index contributed by atoms with van der Waals surface area (Å²) in [5, 5.41) is 26.8. The van der Waals surface area contributed by atoms with Gasteiger partial charge in [0.25, 0.3) is 0 Å². The number of aliphatic hydroxyl groups is 2. The van der Waals surface area contributed by atoms with Crippen molar-refractivity contribution in [3.63, 3.8) is 0 Å². The van der Waals surface area contributed by atoms with Crippen LogP contribution in [0.2, 0.25) is 10.0 Å². The van der Waals surface area contributed by atoms with Crippen molar-refractivity contribution in [2.24, 2.45) is 0 Å². The Morgan fingerprint density at radius 2 is 1.51 bits per heavy atom. The third-order valence-electron chi connectivity index (χ3n) is 9.96. The molecule has 2 aliphatic rings. The fourth-order valence-corrected chi connectivity index (χ4v) is 7.95. The molecule has 0 radical (unpaired) electrons. The van der Waals surface area contributed by atoms with Crippen molar-refractivity contribution in [1.82, 2.24) is 29.7 Å². The summed E-state index contributed by atoms with van der Waals surface area (Å²) in [6, 6.07) is 20.1. The summed E-state index contributed by atoms with van der Waals surface area (Å²) in [4.78, 5) is 23.4. The molecule has 260 valence electrons. The van der Waals surface area contributed by atoms with Gasteiger partial charge in [0.1, 0.15) is 5.52 Å². The zero-order valence-corrected chi connectivity index (χ0v) is 29.9. The predicted molar refractivity (Wildman–Crippen MR) is 203 cm³/mol. The number of anilines is 2. The zero-order chi connectivity index (χ0) is 35.1. The lowest BCUT2D eigenvalue weighted by Gasteiger charge is -2.19. The standard InChI is InChI=1S/C40H39Cl2N7O2/c1-40(51)11-15-49(24-40)22-26-16-28-8-12-43-34(37(28)45-19-26)18-27-4-2-5-31(35(27)41)32-6-3-7-33(36(32)42)47-39-38-29(9-13-44-39)17-25(20-46-38)21-48-14-10-30(50)23-48/h2-9,12-13,16-17,19-20,30,50-51H,10-11,14-15,18,21-24H2,1H3,(H,44,47)/t30-,40-/m1/s1. The van der Waals surface area contributed by atoms with Crippen molar-refractivity contribution in [2.45, 2.75) is 51.0 Å². The van der Waals surface area contributed by atoms with Crippen molar-refractivity contribution in [3.8, 4) is 11.1 Å². The van der Waals surface area contributed by atoms with Crippen LogP contribution < -0.4 is 5.32 Å². The Morgan fingerprint density at radius 1 is 0.824 bits per heavy atom. The van der Waals surface area contributed by atoms with Crippen LogP contribution in [-0.2, 0) is 19.5 Å². The number of aliphatic hydroxyl groups excluding tert-OH is 1. The molecule has 0 bridgehead atoms. The molecule has 3 N–H and O–H groups in total. The van der Waals surface area contributed by atoms with Gasteiger partial charge >= 0.3 is 0 Å². The van der Waals surface area contributed by atoms with Crippen LogP contribution in [0.5, 0.6) is 0 Å². The minimum atomic E-state index is -0.631. The second-order valence-electron chi connectivity index (χ2n) is 14.1. The molecule has 6 aromatic rings. The number of nitrogens with zero attached hydrogens (tertiary/aromatic N) is 6. The molecule has 0 spiro atoms. The largest absolute Gasteiger partial charge is 0.392 e. The molecule has 9 nitrogen and oxygen atoms in total. The van der Waals surface area contributed by atoms with Crippen molar-refractivity contribution in [1.29, 1.82) is 0 Å². The number of nitrogens with one attached hydrogen (secondary N) is 1. The van der Waals surface area contributed by atoms with Crippen LogP contribution in [0.3, 0.4) is 0 Å². The molecule has 51 heavy (non-hydrogen) atoms. The SMILES string of the molecule is C[C@@]1(O)CCN(Cc2cnc3c(Cc4cccc(-c5cccc(Nc6nccc7cc(CN8CC[C@@H](O)C8)cnc67)c5Cl)c4Cl)nccc3c2)C1. The van der Waals surface area contributed by atoms with E-state index < -0.39 is 5.60 Å². The number of hydrogen-bond acceptors (Lipinski definition) is 9. The van der Waals surface area contributed by atoms with Crippen molar-refractivity contribution >= 4 is 56.5 Å². The molecule has 0 aliphatic carbocycles. The predicted octanol–water partition coefficient (Wildman–Crippen LogP) is 7.40. The fraction of sp³-hybridized carbons (Fsp3) is 0.300. The van der Waals surface area contributed by atoms with Crippen LogP contribution in [0.1, 0.15) is 42.1 Å². The highest BCUT2D eigenvalue weighted by Crippen LogP contribution is 2.40. The van der Waals surface area contributed by atoms with Gasteiger partial charge in [0, 0.05) is 92.4 Å². The first-order valence-corrected chi connectivity index (χ1v) is 18.1. The Hall–Kier alpha value is -4.22. The molecule has 4 aromatic heterocycles. The monoisotopic (exact) mass is 719 g/mol. The average molecular weight is 721 g/mol. The number of benzene rings is 2. The van der Waals surface area contributed by atoms with Crippen molar-refractivity contribution in [3.05, 3.63) is 118 Å². The number of pyridine rings is 4. The van der Waals surface area contributed by atoms with Crippen LogP contribution in [0.25, 0.3) is 32.9 Å². The Kier molecular flexibility index (Phi) is 9.35. The summed E-state index contributed by atoms with van der Waals surface area (Å²) >= 11 is 14.2. The molecule has 2 fully saturated rings. The first kappa shape index (κ1) is 33.9. The average Bonchev–Trinajstić information content (AvgIpc) is 3.69. The Balaban J connectivity index is 1.03. The van der Waals surface area contributed by atoms with Gasteiger partial charge in [-0.2, -0.15) is 0 Å². The van der Waals surface area contributed by atoms with E-state index in [1.54, 1.807) is 6.20 Å². The third kappa shape index (κ3) is 7.28. The minimum Gasteiger partial charge on any atom is -0.392 e. The number of aromatic nitrogens is 4. The van der Waals surface area contributed by atoms with Gasteiger partial charge in [-0.25, -0.2) is 4.98 Å². The summed E-state index contributed by atoms with van der Waals surface area (Å²) in [7, 11) is 0. The highest BCUT2D eigenvalue weighted by molar-refractivity contribution is 6.38. The molecule has 2 atom stereocenters. The van der Waals surface area contributed by atoms with E-state index in [1.807, 2.05) is 74.0 Å². The van der Waals surface area contributed by atoms with E-state index in [2.05, 4.69) is 32.2 Å². The molecule has 2 saturated heterocycles. The van der Waals surface area contributed by atoms with Gasteiger partial charge in [-0.1, -0.05) is 53.5 Å². The second kappa shape index (κ2) is 14.1. The number of hydrogen-bond donors (Lipinski definition) is 3. The number of fused-ring (bicyclic) bond motifs is 2. The molecular weight excluding hydrogens is 681 g/mol. The Labute approximate surface area is 306 Å². The van der Waals surface area contributed by atoms with Crippen molar-refractivity contribution < 1.29 is 10.2 Å². The van der Waals surface area contributed by atoms with Crippen LogP contribution in [-0.4, -0.2) is 77.8 Å². The Bertz CT molecular complexity index is 2250. The summed E-state index contributed by atoms with van der Waals surface area (Å²) in [6.07, 6.45) is 9.22. The maximum atomic E-state index is 10.4. The molecule has 2 aliphatic heterocycles. The smallest absolute Gasteiger partial charge is 0.156 e. The third-order valence-corrected chi connectivity index (χ3v) is 10.8. The number of likely N-dealkylation sites (tertiary alicyclic amines) is 2. The molecular formula is C40H39Cl2N7O2. The maximum Gasteiger partial charge on any atom is 0.156 e. The van der Waals surface area contributed by atoms with Crippen LogP contribution in [0, 0.1) is 0 Å². The lowest BCUT2D eigenvalue weighted by molar-refractivity contribution is 0.0679. The molecule has 2 aromatic carbocycles. The van der Waals surface area contributed by atoms with Crippen LogP contribution in [0.4, 0.5) is 11.5 Å². The van der Waals surface area contributed by atoms with Gasteiger partial charge in [0.05, 0.1) is 38.6 Å². The molecule has 0 amide bonds. The summed E-state index contributed by atoms with van der Waals surface area (Å²) < 4.78 is 0. The second-order valence-corrected chi connectivity index (χ2v) is 14.9. The minimum absolute atomic E-state index is 0.254. The highest BCUT2D eigenvalue weighted by Gasteiger charge is 2.31. The number of halogens is 2. The fourth-order valence-electron chi connectivity index (χ4n) is 7.38. The van der Waals surface area contributed by atoms with Crippen molar-refractivity contribution in [2.75, 3.05) is 31.5 Å². The van der Waals surface area contributed by atoms with E-state index in [1.165, 1.54) is 0 Å². The van der Waals surface area contributed by atoms with E-state index in [0.717, 1.165) is 94.3 Å². The quantitative estimate of drug-likeness (QED) is 0.141. The molecule has 0 saturated carbocycles. The molecule has 8 rings (SSSR count). The summed E-state index contributed by atoms with van der Waals surface area (Å²) in [5.41, 5.74) is 7.25. The number of rotatable bonds is 9. The van der Waals surface area contributed by atoms with Gasteiger partial charge in [0.15, 0.2) is 5.82 Å². The summed E-state index contributed by atoms with van der Waals surface area (Å²) in [5.74, 6) is 0.611. The van der Waals surface area contributed by atoms with E-state index in [0.29, 0.717) is 41.1 Å². The van der Waals surface area contributed by atoms with Gasteiger partial charge in [-0.3, -0.25) is 24.8 Å². The van der Waals surface area contributed by atoms with Gasteiger partial charge in [0.2, 0.25) is 0 Å².